The van der Waals surface area contributed by atoms with Gasteiger partial charge in [-0.05, 0) is 48.1 Å². The molecule has 1 atom stereocenters. The van der Waals surface area contributed by atoms with Gasteiger partial charge in [0.05, 0.1) is 18.9 Å². The smallest absolute Gasteiger partial charge is 0.262 e. The fourth-order valence-corrected chi connectivity index (χ4v) is 3.97. The first-order valence-electron chi connectivity index (χ1n) is 11.3. The lowest BCUT2D eigenvalue weighted by Gasteiger charge is -2.27. The van der Waals surface area contributed by atoms with Crippen molar-refractivity contribution < 1.29 is 14.3 Å². The molecule has 176 valence electrons. The third-order valence-corrected chi connectivity index (χ3v) is 5.98. The molecule has 6 heteroatoms. The summed E-state index contributed by atoms with van der Waals surface area (Å²) in [5.41, 5.74) is 5.01. The van der Waals surface area contributed by atoms with Crippen LogP contribution >= 0.6 is 0 Å². The van der Waals surface area contributed by atoms with Crippen molar-refractivity contribution >= 4 is 17.5 Å². The van der Waals surface area contributed by atoms with Crippen LogP contribution < -0.4 is 4.74 Å². The Balaban J connectivity index is 1.92. The van der Waals surface area contributed by atoms with Crippen LogP contribution in [0.1, 0.15) is 61.9 Å². The number of benzene rings is 2. The number of carbonyl (C=O) groups is 2. The summed E-state index contributed by atoms with van der Waals surface area (Å²) in [6, 6.07) is 13.7. The Morgan fingerprint density at radius 3 is 2.45 bits per heavy atom. The Morgan fingerprint density at radius 1 is 1.12 bits per heavy atom. The number of hydrazone groups is 1. The van der Waals surface area contributed by atoms with Gasteiger partial charge < -0.3 is 9.64 Å². The monoisotopic (exact) mass is 449 g/mol. The second-order valence-corrected chi connectivity index (χ2v) is 10.0. The molecule has 2 amide bonds. The first kappa shape index (κ1) is 24.5. The second-order valence-electron chi connectivity index (χ2n) is 10.0. The zero-order chi connectivity index (χ0) is 24.3. The minimum atomic E-state index is -0.295. The van der Waals surface area contributed by atoms with Crippen LogP contribution in [0.4, 0.5) is 0 Å². The van der Waals surface area contributed by atoms with Crippen molar-refractivity contribution in [2.24, 2.45) is 10.5 Å². The van der Waals surface area contributed by atoms with Gasteiger partial charge in [-0.2, -0.15) is 5.10 Å². The summed E-state index contributed by atoms with van der Waals surface area (Å²) in [6.45, 7) is 10.2. The van der Waals surface area contributed by atoms with Gasteiger partial charge in [0, 0.05) is 25.5 Å². The van der Waals surface area contributed by atoms with E-state index in [-0.39, 0.29) is 29.8 Å². The van der Waals surface area contributed by atoms with Crippen LogP contribution in [0.5, 0.6) is 5.75 Å². The molecule has 0 bridgehead atoms. The van der Waals surface area contributed by atoms with Crippen LogP contribution in [-0.2, 0) is 9.59 Å². The van der Waals surface area contributed by atoms with Crippen molar-refractivity contribution in [2.75, 3.05) is 20.7 Å². The number of likely N-dealkylation sites (N-methyl/N-ethyl adjacent to an activating group) is 1. The molecule has 1 aliphatic heterocycles. The Morgan fingerprint density at radius 2 is 1.82 bits per heavy atom. The van der Waals surface area contributed by atoms with Gasteiger partial charge in [-0.3, -0.25) is 9.59 Å². The summed E-state index contributed by atoms with van der Waals surface area (Å²) in [7, 11) is 3.30. The maximum absolute atomic E-state index is 13.4. The molecule has 0 aromatic heterocycles. The fourth-order valence-electron chi connectivity index (χ4n) is 3.97. The van der Waals surface area contributed by atoms with Crippen molar-refractivity contribution in [2.45, 2.75) is 53.5 Å². The molecule has 2 aromatic carbocycles. The first-order chi connectivity index (χ1) is 15.5. The van der Waals surface area contributed by atoms with Crippen molar-refractivity contribution in [3.8, 4) is 5.75 Å². The lowest BCUT2D eigenvalue weighted by molar-refractivity contribution is -0.141. The molecule has 0 aliphatic carbocycles. The summed E-state index contributed by atoms with van der Waals surface area (Å²) < 4.78 is 5.58. The van der Waals surface area contributed by atoms with E-state index in [1.165, 1.54) is 21.0 Å². The van der Waals surface area contributed by atoms with E-state index >= 15 is 0 Å². The van der Waals surface area contributed by atoms with Gasteiger partial charge >= 0.3 is 0 Å². The summed E-state index contributed by atoms with van der Waals surface area (Å²) in [6.07, 6.45) is 0.956. The van der Waals surface area contributed by atoms with Gasteiger partial charge in [0.2, 0.25) is 5.91 Å². The second kappa shape index (κ2) is 9.77. The maximum atomic E-state index is 13.4. The minimum Gasteiger partial charge on any atom is -0.496 e. The first-order valence-corrected chi connectivity index (χ1v) is 11.3. The summed E-state index contributed by atoms with van der Waals surface area (Å²) >= 11 is 0. The number of hydrogen-bond donors (Lipinski definition) is 0. The number of ether oxygens (including phenoxy) is 1. The molecule has 2 aromatic rings. The molecule has 0 fully saturated rings. The Kier molecular flexibility index (Phi) is 7.25. The molecule has 6 nitrogen and oxygen atoms in total. The van der Waals surface area contributed by atoms with E-state index in [0.717, 1.165) is 16.8 Å². The van der Waals surface area contributed by atoms with Gasteiger partial charge in [0.1, 0.15) is 12.3 Å². The van der Waals surface area contributed by atoms with Crippen molar-refractivity contribution in [3.05, 3.63) is 64.7 Å². The zero-order valence-electron chi connectivity index (χ0n) is 20.8. The molecule has 1 aliphatic rings. The molecular formula is C27H35N3O3. The average molecular weight is 450 g/mol. The van der Waals surface area contributed by atoms with Gasteiger partial charge in [0.25, 0.3) is 5.91 Å². The largest absolute Gasteiger partial charge is 0.496 e. The summed E-state index contributed by atoms with van der Waals surface area (Å²) in [5.74, 6) is 0.450. The molecule has 0 unspecified atom stereocenters. The Labute approximate surface area is 197 Å². The zero-order valence-corrected chi connectivity index (χ0v) is 20.8. The van der Waals surface area contributed by atoms with E-state index in [2.05, 4.69) is 26.0 Å². The quantitative estimate of drug-likeness (QED) is 0.631. The summed E-state index contributed by atoms with van der Waals surface area (Å²) in [4.78, 5) is 27.5. The van der Waals surface area contributed by atoms with E-state index in [0.29, 0.717) is 18.6 Å². The lowest BCUT2D eigenvalue weighted by Crippen LogP contribution is -2.40. The SMILES string of the molecule is COc1ccccc1[C@H]1CC(c2ccc(C)c(C)c2)=NN1C(=O)CN(C)C(=O)CC(C)(C)C. The van der Waals surface area contributed by atoms with Crippen molar-refractivity contribution in [1.29, 1.82) is 0 Å². The predicted octanol–water partition coefficient (Wildman–Crippen LogP) is 4.88. The fraction of sp³-hybridized carbons (Fsp3) is 0.444. The molecule has 0 N–H and O–H groups in total. The molecule has 0 saturated carbocycles. The summed E-state index contributed by atoms with van der Waals surface area (Å²) in [5, 5.41) is 6.29. The van der Waals surface area contributed by atoms with E-state index in [9.17, 15) is 9.59 Å². The van der Waals surface area contributed by atoms with Gasteiger partial charge in [-0.1, -0.05) is 51.1 Å². The number of methoxy groups -OCH3 is 1. The number of aryl methyl sites for hydroxylation is 2. The number of carbonyl (C=O) groups excluding carboxylic acids is 2. The molecule has 0 radical (unpaired) electrons. The molecule has 33 heavy (non-hydrogen) atoms. The highest BCUT2D eigenvalue weighted by molar-refractivity contribution is 6.03. The Bertz CT molecular complexity index is 1070. The number of para-hydroxylation sites is 1. The number of amides is 2. The van der Waals surface area contributed by atoms with Crippen LogP contribution in [0.25, 0.3) is 0 Å². The minimum absolute atomic E-state index is 0.0235. The standard InChI is InChI=1S/C27H35N3O3/c1-18-12-13-20(14-19(18)2)22-15-23(21-10-8-9-11-24(21)33-7)30(28-22)26(32)17-29(6)25(31)16-27(3,4)5/h8-14,23H,15-17H2,1-7H3/t23-/m1/s1. The van der Waals surface area contributed by atoms with E-state index in [4.69, 9.17) is 9.84 Å². The van der Waals surface area contributed by atoms with Gasteiger partial charge in [-0.25, -0.2) is 5.01 Å². The van der Waals surface area contributed by atoms with Crippen molar-refractivity contribution in [1.82, 2.24) is 9.91 Å². The number of rotatable bonds is 6. The maximum Gasteiger partial charge on any atom is 0.262 e. The third kappa shape index (κ3) is 5.81. The highest BCUT2D eigenvalue weighted by Crippen LogP contribution is 2.37. The van der Waals surface area contributed by atoms with Crippen molar-refractivity contribution in [3.63, 3.8) is 0 Å². The normalized spacial score (nSPS) is 15.9. The third-order valence-electron chi connectivity index (χ3n) is 5.98. The van der Waals surface area contributed by atoms with Crippen LogP contribution in [0, 0.1) is 19.3 Å². The van der Waals surface area contributed by atoms with Crippen LogP contribution in [0.15, 0.2) is 47.6 Å². The van der Waals surface area contributed by atoms with E-state index in [1.54, 1.807) is 14.2 Å². The van der Waals surface area contributed by atoms with Gasteiger partial charge in [-0.15, -0.1) is 0 Å². The highest BCUT2D eigenvalue weighted by atomic mass is 16.5. The highest BCUT2D eigenvalue weighted by Gasteiger charge is 2.35. The van der Waals surface area contributed by atoms with E-state index < -0.39 is 0 Å². The molecular weight excluding hydrogens is 414 g/mol. The van der Waals surface area contributed by atoms with Crippen LogP contribution in [0.3, 0.4) is 0 Å². The van der Waals surface area contributed by atoms with Gasteiger partial charge in [0.15, 0.2) is 0 Å². The molecule has 3 rings (SSSR count). The number of nitrogens with zero attached hydrogens (tertiary/aromatic N) is 3. The van der Waals surface area contributed by atoms with Crippen LogP contribution in [0.2, 0.25) is 0 Å². The average Bonchev–Trinajstić information content (AvgIpc) is 3.19. The lowest BCUT2D eigenvalue weighted by atomic mass is 9.92. The van der Waals surface area contributed by atoms with E-state index in [1.807, 2.05) is 51.1 Å². The van der Waals surface area contributed by atoms with Crippen LogP contribution in [-0.4, -0.2) is 48.1 Å². The number of hydrogen-bond acceptors (Lipinski definition) is 4. The Hall–Kier alpha value is -3.15. The topological polar surface area (TPSA) is 62.2 Å². The molecule has 0 spiro atoms. The molecule has 1 heterocycles. The predicted molar refractivity (Wildman–Crippen MR) is 131 cm³/mol. The molecule has 0 saturated heterocycles.